The summed E-state index contributed by atoms with van der Waals surface area (Å²) in [6.45, 7) is 2.24. The topological polar surface area (TPSA) is 0 Å². The highest BCUT2D eigenvalue weighted by atomic mass is 14.1. The van der Waals surface area contributed by atoms with Crippen molar-refractivity contribution < 1.29 is 0 Å². The molecule has 0 heterocycles. The van der Waals surface area contributed by atoms with Crippen LogP contribution in [-0.4, -0.2) is 0 Å². The predicted octanol–water partition coefficient (Wildman–Crippen LogP) is 6.27. The van der Waals surface area contributed by atoms with Crippen LogP contribution in [0.5, 0.6) is 0 Å². The Labute approximate surface area is 119 Å². The monoisotopic (exact) mass is 256 g/mol. The lowest BCUT2D eigenvalue weighted by molar-refractivity contribution is 0.568. The molecule has 0 aromatic heterocycles. The standard InChI is InChI=1S/C19H28/c1-17-15-18-11-8-6-4-2-3-5-7-9-12-19(16-17)14-10-13-18/h10,13-16H,2-9,11-12H2,1H3/b13-10-,14-10?,17-15?,17-16-,18-13?,18-15-,19-14-,19-16?. The third kappa shape index (κ3) is 5.63. The van der Waals surface area contributed by atoms with Crippen molar-refractivity contribution in [1.29, 1.82) is 0 Å². The number of hydrogen-bond acceptors (Lipinski definition) is 0. The van der Waals surface area contributed by atoms with Crippen molar-refractivity contribution in [2.45, 2.75) is 71.1 Å². The Kier molecular flexibility index (Phi) is 6.20. The Hall–Kier alpha value is -1.04. The van der Waals surface area contributed by atoms with E-state index >= 15 is 0 Å². The summed E-state index contributed by atoms with van der Waals surface area (Å²) in [4.78, 5) is 0. The van der Waals surface area contributed by atoms with Crippen LogP contribution in [0.25, 0.3) is 0 Å². The number of hydrogen-bond donors (Lipinski definition) is 0. The summed E-state index contributed by atoms with van der Waals surface area (Å²) in [7, 11) is 0. The molecule has 0 atom stereocenters. The molecule has 2 bridgehead atoms. The minimum Gasteiger partial charge on any atom is -0.0617 e. The van der Waals surface area contributed by atoms with Gasteiger partial charge in [0.2, 0.25) is 0 Å². The first-order chi connectivity index (χ1) is 9.34. The van der Waals surface area contributed by atoms with Crippen LogP contribution in [0, 0.1) is 0 Å². The Morgan fingerprint density at radius 2 is 1.26 bits per heavy atom. The van der Waals surface area contributed by atoms with E-state index in [2.05, 4.69) is 37.3 Å². The van der Waals surface area contributed by atoms with Gasteiger partial charge in [-0.15, -0.1) is 0 Å². The average Bonchev–Trinajstić information content (AvgIpc) is 2.38. The fourth-order valence-corrected chi connectivity index (χ4v) is 3.05. The lowest BCUT2D eigenvalue weighted by Crippen LogP contribution is -1.87. The molecule has 3 aliphatic carbocycles. The van der Waals surface area contributed by atoms with Crippen molar-refractivity contribution in [3.8, 4) is 0 Å². The van der Waals surface area contributed by atoms with Gasteiger partial charge in [-0.3, -0.25) is 0 Å². The lowest BCUT2D eigenvalue weighted by atomic mass is 9.99. The molecule has 0 amide bonds. The van der Waals surface area contributed by atoms with Crippen LogP contribution < -0.4 is 0 Å². The Morgan fingerprint density at radius 1 is 0.684 bits per heavy atom. The van der Waals surface area contributed by atoms with Crippen LogP contribution in [0.15, 0.2) is 47.1 Å². The molecule has 104 valence electrons. The molecule has 3 aliphatic rings. The highest BCUT2D eigenvalue weighted by Gasteiger charge is 2.01. The fourth-order valence-electron chi connectivity index (χ4n) is 3.05. The van der Waals surface area contributed by atoms with Gasteiger partial charge in [-0.2, -0.15) is 0 Å². The summed E-state index contributed by atoms with van der Waals surface area (Å²) >= 11 is 0. The Bertz CT molecular complexity index is 380. The third-order valence-electron chi connectivity index (χ3n) is 4.13. The zero-order valence-electron chi connectivity index (χ0n) is 12.5. The lowest BCUT2D eigenvalue weighted by Gasteiger charge is -2.07. The van der Waals surface area contributed by atoms with Gasteiger partial charge in [-0.1, -0.05) is 74.5 Å². The maximum absolute atomic E-state index is 2.38. The maximum Gasteiger partial charge on any atom is -0.0279 e. The highest BCUT2D eigenvalue weighted by molar-refractivity contribution is 5.39. The second-order valence-electron chi connectivity index (χ2n) is 6.04. The van der Waals surface area contributed by atoms with Crippen molar-refractivity contribution >= 4 is 0 Å². The zero-order valence-corrected chi connectivity index (χ0v) is 12.5. The van der Waals surface area contributed by atoms with Crippen LogP contribution in [0.2, 0.25) is 0 Å². The van der Waals surface area contributed by atoms with E-state index in [1.165, 1.54) is 80.9 Å². The summed E-state index contributed by atoms with van der Waals surface area (Å²) in [5, 5.41) is 0. The number of allylic oxidation sites excluding steroid dienone is 8. The second kappa shape index (κ2) is 8.19. The van der Waals surface area contributed by atoms with Crippen molar-refractivity contribution in [2.24, 2.45) is 0 Å². The van der Waals surface area contributed by atoms with E-state index in [0.717, 1.165) is 0 Å². The van der Waals surface area contributed by atoms with Gasteiger partial charge < -0.3 is 0 Å². The zero-order chi connectivity index (χ0) is 13.3. The second-order valence-corrected chi connectivity index (χ2v) is 6.04. The number of fused-ring (bicyclic) bond motifs is 11. The minimum absolute atomic E-state index is 1.24. The molecule has 0 N–H and O–H groups in total. The van der Waals surface area contributed by atoms with Gasteiger partial charge in [0.15, 0.2) is 0 Å². The first-order valence-electron chi connectivity index (χ1n) is 8.11. The minimum atomic E-state index is 1.24. The highest BCUT2D eigenvalue weighted by Crippen LogP contribution is 2.21. The molecule has 0 fully saturated rings. The van der Waals surface area contributed by atoms with Crippen molar-refractivity contribution in [1.82, 2.24) is 0 Å². The summed E-state index contributed by atoms with van der Waals surface area (Å²) in [6, 6.07) is 0. The third-order valence-corrected chi connectivity index (χ3v) is 4.13. The van der Waals surface area contributed by atoms with E-state index in [4.69, 9.17) is 0 Å². The van der Waals surface area contributed by atoms with E-state index in [9.17, 15) is 0 Å². The molecule has 0 radical (unpaired) electrons. The van der Waals surface area contributed by atoms with E-state index in [1.807, 2.05) is 0 Å². The van der Waals surface area contributed by atoms with E-state index < -0.39 is 0 Å². The van der Waals surface area contributed by atoms with Gasteiger partial charge in [0.1, 0.15) is 0 Å². The van der Waals surface area contributed by atoms with Gasteiger partial charge in [-0.25, -0.2) is 0 Å². The summed E-state index contributed by atoms with van der Waals surface area (Å²) in [6.07, 6.45) is 25.3. The van der Waals surface area contributed by atoms with Gasteiger partial charge in [-0.05, 0) is 43.8 Å². The summed E-state index contributed by atoms with van der Waals surface area (Å²) in [5.41, 5.74) is 4.42. The van der Waals surface area contributed by atoms with Crippen molar-refractivity contribution in [3.63, 3.8) is 0 Å². The normalized spacial score (nSPS) is 32.6. The molecule has 0 spiro atoms. The smallest absolute Gasteiger partial charge is 0.0279 e. The molecule has 19 heavy (non-hydrogen) atoms. The molecule has 0 unspecified atom stereocenters. The largest absolute Gasteiger partial charge is 0.0617 e. The molecule has 0 aromatic carbocycles. The summed E-state index contributed by atoms with van der Waals surface area (Å²) in [5.74, 6) is 0. The first kappa shape index (κ1) is 14.4. The maximum atomic E-state index is 2.38. The number of rotatable bonds is 0. The quantitative estimate of drug-likeness (QED) is 0.479. The molecule has 0 saturated carbocycles. The van der Waals surface area contributed by atoms with E-state index in [0.29, 0.717) is 0 Å². The molecule has 3 rings (SSSR count). The SMILES string of the molecule is CC1=C/C2=C\C=C/C(=C\1)CCCCCCCCCC2. The molecule has 0 saturated heterocycles. The van der Waals surface area contributed by atoms with Crippen LogP contribution in [0.1, 0.15) is 71.1 Å². The van der Waals surface area contributed by atoms with E-state index in [-0.39, 0.29) is 0 Å². The van der Waals surface area contributed by atoms with Gasteiger partial charge in [0, 0.05) is 0 Å². The van der Waals surface area contributed by atoms with Crippen molar-refractivity contribution in [3.05, 3.63) is 47.1 Å². The first-order valence-corrected chi connectivity index (χ1v) is 8.11. The predicted molar refractivity (Wildman–Crippen MR) is 85.2 cm³/mol. The molecular formula is C19H28. The van der Waals surface area contributed by atoms with Crippen LogP contribution in [0.3, 0.4) is 0 Å². The molecule has 0 nitrogen and oxygen atoms in total. The Morgan fingerprint density at radius 3 is 1.95 bits per heavy atom. The Balaban J connectivity index is 2.05. The van der Waals surface area contributed by atoms with Gasteiger partial charge in [0.25, 0.3) is 0 Å². The van der Waals surface area contributed by atoms with Crippen LogP contribution in [-0.2, 0) is 0 Å². The van der Waals surface area contributed by atoms with Crippen molar-refractivity contribution in [2.75, 3.05) is 0 Å². The average molecular weight is 256 g/mol. The summed E-state index contributed by atoms with van der Waals surface area (Å²) < 4.78 is 0. The van der Waals surface area contributed by atoms with Crippen LogP contribution in [0.4, 0.5) is 0 Å². The van der Waals surface area contributed by atoms with E-state index in [1.54, 1.807) is 0 Å². The fraction of sp³-hybridized carbons (Fsp3) is 0.579. The van der Waals surface area contributed by atoms with Crippen LogP contribution >= 0.6 is 0 Å². The molecule has 0 aromatic rings. The van der Waals surface area contributed by atoms with Gasteiger partial charge in [0.05, 0.1) is 0 Å². The molecular weight excluding hydrogens is 228 g/mol. The molecule has 0 heteroatoms. The van der Waals surface area contributed by atoms with Gasteiger partial charge >= 0.3 is 0 Å². The molecule has 0 aliphatic heterocycles.